The molecule has 1 aromatic heterocycles. The van der Waals surface area contributed by atoms with Crippen molar-refractivity contribution in [2.75, 3.05) is 11.9 Å². The van der Waals surface area contributed by atoms with Gasteiger partial charge in [0.15, 0.2) is 10.7 Å². The molecule has 1 heterocycles. The number of anilines is 1. The first-order valence-electron chi connectivity index (χ1n) is 11.3. The van der Waals surface area contributed by atoms with Crippen LogP contribution in [0.4, 0.5) is 5.69 Å². The third-order valence-corrected chi connectivity index (χ3v) is 5.44. The van der Waals surface area contributed by atoms with E-state index in [0.29, 0.717) is 46.6 Å². The van der Waals surface area contributed by atoms with Crippen LogP contribution < -0.4 is 15.4 Å². The molecule has 0 radical (unpaired) electrons. The first-order chi connectivity index (χ1) is 16.7. The lowest BCUT2D eigenvalue weighted by Crippen LogP contribution is -2.34. The number of aryl methyl sites for hydroxylation is 2. The number of rotatable bonds is 6. The molecular weight excluding hydrogens is 462 g/mol. The van der Waals surface area contributed by atoms with Gasteiger partial charge in [0.05, 0.1) is 12.2 Å². The molecular formula is C27H27N3O4S. The monoisotopic (exact) mass is 489 g/mol. The number of hydrogen-bond acceptors (Lipinski definition) is 6. The maximum absolute atomic E-state index is 12.6. The van der Waals surface area contributed by atoms with E-state index in [2.05, 4.69) is 29.5 Å². The molecule has 0 aliphatic heterocycles. The summed E-state index contributed by atoms with van der Waals surface area (Å²) in [5, 5.41) is 16.2. The van der Waals surface area contributed by atoms with Crippen molar-refractivity contribution in [3.63, 3.8) is 0 Å². The number of ether oxygens (including phenoxy) is 1. The number of nitrogens with one attached hydrogen (secondary N) is 2. The summed E-state index contributed by atoms with van der Waals surface area (Å²) in [6.45, 7) is 8.70. The van der Waals surface area contributed by atoms with Crippen molar-refractivity contribution < 1.29 is 19.1 Å². The van der Waals surface area contributed by atoms with E-state index in [4.69, 9.17) is 21.4 Å². The highest BCUT2D eigenvalue weighted by molar-refractivity contribution is 7.80. The molecule has 3 N–H and O–H groups in total. The molecule has 0 fully saturated rings. The normalized spacial score (nSPS) is 11.0. The fourth-order valence-corrected chi connectivity index (χ4v) is 3.79. The van der Waals surface area contributed by atoms with E-state index >= 15 is 0 Å². The van der Waals surface area contributed by atoms with Crippen LogP contribution in [-0.2, 0) is 0 Å². The Kier molecular flexibility index (Phi) is 7.02. The topological polar surface area (TPSA) is 96.6 Å². The molecule has 0 atom stereocenters. The van der Waals surface area contributed by atoms with Crippen LogP contribution in [0, 0.1) is 19.8 Å². The number of nitrogens with zero attached hydrogens (tertiary/aromatic N) is 1. The number of amides is 1. The summed E-state index contributed by atoms with van der Waals surface area (Å²) >= 11 is 5.32. The molecule has 1 amide bonds. The fraction of sp³-hybridized carbons (Fsp3) is 0.222. The number of fused-ring (bicyclic) bond motifs is 1. The Bertz CT molecular complexity index is 1390. The molecule has 4 aromatic rings. The molecule has 0 bridgehead atoms. The second-order valence-electron chi connectivity index (χ2n) is 8.82. The van der Waals surface area contributed by atoms with Gasteiger partial charge >= 0.3 is 0 Å². The minimum absolute atomic E-state index is 0.0196. The van der Waals surface area contributed by atoms with Crippen LogP contribution in [-0.4, -0.2) is 27.7 Å². The van der Waals surface area contributed by atoms with Gasteiger partial charge in [-0.3, -0.25) is 10.1 Å². The van der Waals surface area contributed by atoms with E-state index < -0.39 is 0 Å². The minimum atomic E-state index is -0.346. The third kappa shape index (κ3) is 5.78. The van der Waals surface area contributed by atoms with Crippen molar-refractivity contribution >= 4 is 40.0 Å². The lowest BCUT2D eigenvalue weighted by Gasteiger charge is -2.12. The maximum Gasteiger partial charge on any atom is 0.257 e. The van der Waals surface area contributed by atoms with Crippen LogP contribution in [0.3, 0.4) is 0 Å². The van der Waals surface area contributed by atoms with Crippen LogP contribution in [0.2, 0.25) is 0 Å². The number of oxazole rings is 1. The van der Waals surface area contributed by atoms with E-state index in [0.717, 1.165) is 16.6 Å². The standard InChI is InChI=1S/C27H27N3O4S/c1-15(2)14-33-20-8-5-18(6-9-20)25(32)30-27(35)28-19-7-10-23(31)21(13-19)26-29-22-12-16(3)11-17(4)24(22)34-26/h5-13,15,31H,14H2,1-4H3,(H2,28,30,32,35). The summed E-state index contributed by atoms with van der Waals surface area (Å²) < 4.78 is 11.6. The minimum Gasteiger partial charge on any atom is -0.507 e. The Morgan fingerprint density at radius 1 is 1.11 bits per heavy atom. The Hall–Kier alpha value is -3.91. The number of hydrogen-bond donors (Lipinski definition) is 3. The van der Waals surface area contributed by atoms with Gasteiger partial charge in [-0.1, -0.05) is 19.9 Å². The van der Waals surface area contributed by atoms with E-state index in [1.54, 1.807) is 36.4 Å². The molecule has 0 saturated carbocycles. The number of carbonyl (C=O) groups is 1. The second kappa shape index (κ2) is 10.1. The van der Waals surface area contributed by atoms with Gasteiger partial charge in [0.1, 0.15) is 17.0 Å². The van der Waals surface area contributed by atoms with Crippen LogP contribution in [0.5, 0.6) is 11.5 Å². The van der Waals surface area contributed by atoms with Crippen molar-refractivity contribution in [3.05, 3.63) is 71.3 Å². The Balaban J connectivity index is 1.45. The van der Waals surface area contributed by atoms with Crippen LogP contribution in [0.1, 0.15) is 35.3 Å². The smallest absolute Gasteiger partial charge is 0.257 e. The third-order valence-electron chi connectivity index (χ3n) is 5.23. The molecule has 4 rings (SSSR count). The molecule has 0 unspecified atom stereocenters. The van der Waals surface area contributed by atoms with Crippen molar-refractivity contribution in [2.24, 2.45) is 5.92 Å². The van der Waals surface area contributed by atoms with Gasteiger partial charge in [-0.05, 0) is 91.6 Å². The first-order valence-corrected chi connectivity index (χ1v) is 11.7. The van der Waals surface area contributed by atoms with Crippen LogP contribution in [0.15, 0.2) is 59.0 Å². The van der Waals surface area contributed by atoms with Crippen LogP contribution in [0.25, 0.3) is 22.6 Å². The van der Waals surface area contributed by atoms with Gasteiger partial charge in [0.2, 0.25) is 5.89 Å². The Morgan fingerprint density at radius 2 is 1.86 bits per heavy atom. The van der Waals surface area contributed by atoms with Gasteiger partial charge in [-0.2, -0.15) is 0 Å². The molecule has 7 nitrogen and oxygen atoms in total. The van der Waals surface area contributed by atoms with Gasteiger partial charge in [0, 0.05) is 11.3 Å². The van der Waals surface area contributed by atoms with Gasteiger partial charge in [-0.25, -0.2) is 4.98 Å². The zero-order chi connectivity index (χ0) is 25.1. The number of aromatic hydroxyl groups is 1. The molecule has 8 heteroatoms. The highest BCUT2D eigenvalue weighted by atomic mass is 32.1. The van der Waals surface area contributed by atoms with E-state index in [-0.39, 0.29) is 16.8 Å². The predicted octanol–water partition coefficient (Wildman–Crippen LogP) is 5.98. The molecule has 180 valence electrons. The largest absolute Gasteiger partial charge is 0.507 e. The van der Waals surface area contributed by atoms with Gasteiger partial charge in [0.25, 0.3) is 5.91 Å². The average Bonchev–Trinajstić information content (AvgIpc) is 3.23. The molecule has 0 aliphatic carbocycles. The average molecular weight is 490 g/mol. The highest BCUT2D eigenvalue weighted by Gasteiger charge is 2.16. The van der Waals surface area contributed by atoms with Gasteiger partial charge in [-0.15, -0.1) is 0 Å². The summed E-state index contributed by atoms with van der Waals surface area (Å²) in [5.41, 5.74) is 4.87. The summed E-state index contributed by atoms with van der Waals surface area (Å²) in [6.07, 6.45) is 0. The maximum atomic E-state index is 12.6. The highest BCUT2D eigenvalue weighted by Crippen LogP contribution is 2.34. The Morgan fingerprint density at radius 3 is 2.57 bits per heavy atom. The lowest BCUT2D eigenvalue weighted by atomic mass is 10.1. The molecule has 35 heavy (non-hydrogen) atoms. The lowest BCUT2D eigenvalue weighted by molar-refractivity contribution is 0.0977. The van der Waals surface area contributed by atoms with Gasteiger partial charge < -0.3 is 19.6 Å². The number of benzene rings is 3. The molecule has 0 spiro atoms. The van der Waals surface area contributed by atoms with E-state index in [1.807, 2.05) is 26.0 Å². The summed E-state index contributed by atoms with van der Waals surface area (Å²) in [4.78, 5) is 17.1. The van der Waals surface area contributed by atoms with E-state index in [1.165, 1.54) is 6.07 Å². The second-order valence-corrected chi connectivity index (χ2v) is 9.23. The molecule has 0 saturated heterocycles. The first kappa shape index (κ1) is 24.2. The zero-order valence-corrected chi connectivity index (χ0v) is 20.8. The molecule has 0 aliphatic rings. The number of aromatic nitrogens is 1. The van der Waals surface area contributed by atoms with E-state index in [9.17, 15) is 9.90 Å². The number of carbonyl (C=O) groups excluding carboxylic acids is 1. The van der Waals surface area contributed by atoms with Crippen LogP contribution >= 0.6 is 12.2 Å². The molecule has 3 aromatic carbocycles. The van der Waals surface area contributed by atoms with Crippen molar-refractivity contribution in [1.82, 2.24) is 10.3 Å². The number of thiocarbonyl (C=S) groups is 1. The van der Waals surface area contributed by atoms with Crippen molar-refractivity contribution in [2.45, 2.75) is 27.7 Å². The summed E-state index contributed by atoms with van der Waals surface area (Å²) in [5.74, 6) is 1.09. The number of phenolic OH excluding ortho intramolecular Hbond substituents is 1. The van der Waals surface area contributed by atoms with Crippen molar-refractivity contribution in [3.8, 4) is 23.0 Å². The SMILES string of the molecule is Cc1cc(C)c2oc(-c3cc(NC(=S)NC(=O)c4ccc(OCC(C)C)cc4)ccc3O)nc2c1. The zero-order valence-electron chi connectivity index (χ0n) is 20.0. The fourth-order valence-electron chi connectivity index (χ4n) is 3.58. The quantitative estimate of drug-likeness (QED) is 0.226. The van der Waals surface area contributed by atoms with Crippen molar-refractivity contribution in [1.29, 1.82) is 0 Å². The summed E-state index contributed by atoms with van der Waals surface area (Å²) in [6, 6.07) is 15.7. The number of phenols is 1. The predicted molar refractivity (Wildman–Crippen MR) is 141 cm³/mol. The Labute approximate surface area is 209 Å². The summed E-state index contributed by atoms with van der Waals surface area (Å²) in [7, 11) is 0.